The Labute approximate surface area is 426 Å². The molecule has 0 unspecified atom stereocenters. The molecule has 2 aliphatic rings. The van der Waals surface area contributed by atoms with E-state index in [1.54, 1.807) is 27.7 Å². The number of likely N-dealkylation sites (tertiary alicyclic amines) is 2. The van der Waals surface area contributed by atoms with Gasteiger partial charge >= 0.3 is 11.9 Å². The molecule has 9 atom stereocenters. The van der Waals surface area contributed by atoms with Crippen molar-refractivity contribution in [1.29, 1.82) is 0 Å². The van der Waals surface area contributed by atoms with Crippen molar-refractivity contribution in [1.82, 2.24) is 41.7 Å². The maximum Gasteiger partial charge on any atom is 0.326 e. The first-order chi connectivity index (χ1) is 34.5. The van der Waals surface area contributed by atoms with Crippen molar-refractivity contribution in [3.63, 3.8) is 0 Å². The van der Waals surface area contributed by atoms with Gasteiger partial charge in [-0.15, -0.1) is 0 Å². The van der Waals surface area contributed by atoms with Crippen LogP contribution in [0, 0.1) is 11.8 Å². The van der Waals surface area contributed by atoms with E-state index in [-0.39, 0.29) is 57.5 Å². The molecule has 0 aromatic carbocycles. The highest BCUT2D eigenvalue weighted by atomic mass is 16.4. The van der Waals surface area contributed by atoms with Crippen molar-refractivity contribution in [2.45, 2.75) is 172 Å². The van der Waals surface area contributed by atoms with Crippen LogP contribution in [0.5, 0.6) is 0 Å². The van der Waals surface area contributed by atoms with Gasteiger partial charge in [0.25, 0.3) is 0 Å². The number of carboxylic acids is 2. The van der Waals surface area contributed by atoms with Crippen LogP contribution in [0.2, 0.25) is 0 Å². The Morgan fingerprint density at radius 2 is 0.878 bits per heavy atom. The van der Waals surface area contributed by atoms with Gasteiger partial charge in [0.15, 0.2) is 0 Å². The smallest absolute Gasteiger partial charge is 0.326 e. The number of amides is 12. The highest BCUT2D eigenvalue weighted by molar-refractivity contribution is 5.99. The molecule has 0 spiro atoms. The summed E-state index contributed by atoms with van der Waals surface area (Å²) < 4.78 is 0. The third kappa shape index (κ3) is 20.6. The van der Waals surface area contributed by atoms with E-state index in [0.29, 0.717) is 6.42 Å². The van der Waals surface area contributed by atoms with Gasteiger partial charge in [-0.05, 0) is 69.6 Å². The lowest BCUT2D eigenvalue weighted by Crippen LogP contribution is -2.60. The van der Waals surface area contributed by atoms with Gasteiger partial charge in [-0.1, -0.05) is 27.7 Å². The highest BCUT2D eigenvalue weighted by Gasteiger charge is 2.42. The lowest BCUT2D eigenvalue weighted by atomic mass is 10.0. The first-order valence-corrected chi connectivity index (χ1v) is 24.3. The Morgan fingerprint density at radius 1 is 0.500 bits per heavy atom. The molecule has 2 fully saturated rings. The van der Waals surface area contributed by atoms with Crippen LogP contribution < -0.4 is 60.6 Å². The SMILES string of the molecule is CC(C)C[C@H](NC(=O)[C@@H](N)CCC(N)=O)C(=O)N1CCC[C@H]1C(=O)N[C@@H](CCC(N)=O)C(=O)N[C@@H](CCC(N)=O)C(=O)N[C@@H](CC(=O)O)C(=O)N[C@@H](CCC(N)=O)C(=O)N1CCC[C@H]1C(=O)N[C@H](C(=O)O)C(C)C. The minimum Gasteiger partial charge on any atom is -0.481 e. The summed E-state index contributed by atoms with van der Waals surface area (Å²) in [4.78, 5) is 183. The molecule has 0 aromatic heterocycles. The topological polar surface area (TPSA) is 488 Å². The first kappa shape index (κ1) is 62.7. The lowest BCUT2D eigenvalue weighted by molar-refractivity contribution is -0.146. The summed E-state index contributed by atoms with van der Waals surface area (Å²) in [5, 5.41) is 33.7. The second-order valence-corrected chi connectivity index (χ2v) is 19.1. The maximum atomic E-state index is 14.0. The molecule has 29 heteroatoms. The number of carboxylic acid groups (broad SMARTS) is 2. The molecule has 18 N–H and O–H groups in total. The molecule has 29 nitrogen and oxygen atoms in total. The molecule has 0 aromatic rings. The van der Waals surface area contributed by atoms with E-state index in [9.17, 15) is 77.3 Å². The number of nitrogens with zero attached hydrogens (tertiary/aromatic N) is 2. The number of hydrogen-bond donors (Lipinski definition) is 13. The summed E-state index contributed by atoms with van der Waals surface area (Å²) in [6.07, 6.45) is -3.59. The third-order valence-corrected chi connectivity index (χ3v) is 12.2. The van der Waals surface area contributed by atoms with Crippen LogP contribution in [0.1, 0.15) is 118 Å². The monoisotopic (exact) mass is 1050 g/mol. The van der Waals surface area contributed by atoms with Crippen molar-refractivity contribution in [3.8, 4) is 0 Å². The van der Waals surface area contributed by atoms with Crippen LogP contribution >= 0.6 is 0 Å². The fourth-order valence-electron chi connectivity index (χ4n) is 8.29. The van der Waals surface area contributed by atoms with Crippen molar-refractivity contribution in [2.24, 2.45) is 40.5 Å². The number of hydrogen-bond acceptors (Lipinski definition) is 15. The van der Waals surface area contributed by atoms with E-state index in [0.717, 1.165) is 4.90 Å². The number of carbonyl (C=O) groups excluding carboxylic acids is 12. The van der Waals surface area contributed by atoms with E-state index < -0.39 is 188 Å². The van der Waals surface area contributed by atoms with Crippen molar-refractivity contribution >= 4 is 82.8 Å². The van der Waals surface area contributed by atoms with E-state index >= 15 is 0 Å². The summed E-state index contributed by atoms with van der Waals surface area (Å²) in [5.41, 5.74) is 27.2. The molecule has 74 heavy (non-hydrogen) atoms. The Hall–Kier alpha value is -7.46. The zero-order valence-corrected chi connectivity index (χ0v) is 42.1. The minimum absolute atomic E-state index is 0.0382. The van der Waals surface area contributed by atoms with Gasteiger partial charge in [0.2, 0.25) is 70.9 Å². The zero-order valence-electron chi connectivity index (χ0n) is 42.1. The third-order valence-electron chi connectivity index (χ3n) is 12.2. The predicted molar refractivity (Wildman–Crippen MR) is 257 cm³/mol. The van der Waals surface area contributed by atoms with Crippen molar-refractivity contribution < 1.29 is 77.3 Å². The number of rotatable bonds is 32. The summed E-state index contributed by atoms with van der Waals surface area (Å²) in [5.74, 6) is -14.8. The van der Waals surface area contributed by atoms with E-state index in [2.05, 4.69) is 31.9 Å². The van der Waals surface area contributed by atoms with Crippen molar-refractivity contribution in [3.05, 3.63) is 0 Å². The lowest BCUT2D eigenvalue weighted by Gasteiger charge is -2.31. The molecule has 2 saturated heterocycles. The number of nitrogens with two attached hydrogens (primary N) is 5. The van der Waals surface area contributed by atoms with Gasteiger partial charge in [-0.2, -0.15) is 0 Å². The number of nitrogens with one attached hydrogen (secondary N) is 6. The maximum absolute atomic E-state index is 14.0. The number of primary amides is 4. The molecule has 2 rings (SSSR count). The van der Waals surface area contributed by atoms with Gasteiger partial charge in [0, 0.05) is 38.8 Å². The van der Waals surface area contributed by atoms with E-state index in [4.69, 9.17) is 28.7 Å². The first-order valence-electron chi connectivity index (χ1n) is 24.3. The molecule has 2 heterocycles. The van der Waals surface area contributed by atoms with Crippen LogP contribution in [0.25, 0.3) is 0 Å². The fraction of sp³-hybridized carbons (Fsp3) is 0.689. The quantitative estimate of drug-likeness (QED) is 0.0299. The van der Waals surface area contributed by atoms with E-state index in [1.165, 1.54) is 4.90 Å². The molecular weight excluding hydrogens is 979 g/mol. The van der Waals surface area contributed by atoms with Gasteiger partial charge in [-0.3, -0.25) is 62.3 Å². The molecule has 0 bridgehead atoms. The second kappa shape index (κ2) is 29.9. The summed E-state index contributed by atoms with van der Waals surface area (Å²) in [7, 11) is 0. The van der Waals surface area contributed by atoms with Gasteiger partial charge in [-0.25, -0.2) is 4.79 Å². The van der Waals surface area contributed by atoms with Gasteiger partial charge in [0.05, 0.1) is 12.5 Å². The van der Waals surface area contributed by atoms with Crippen LogP contribution in [0.3, 0.4) is 0 Å². The predicted octanol–water partition coefficient (Wildman–Crippen LogP) is -5.47. The highest BCUT2D eigenvalue weighted by Crippen LogP contribution is 2.23. The Morgan fingerprint density at radius 3 is 1.31 bits per heavy atom. The molecule has 12 amide bonds. The number of carbonyl (C=O) groups is 14. The minimum atomic E-state index is -2.02. The van der Waals surface area contributed by atoms with Crippen LogP contribution in [-0.4, -0.2) is 170 Å². The fourth-order valence-corrected chi connectivity index (χ4v) is 8.29. The molecule has 0 aliphatic carbocycles. The zero-order chi connectivity index (χ0) is 56.1. The normalized spacial score (nSPS) is 18.1. The standard InChI is InChI=1S/C45H73N13O16/c1-21(2)19-28(55-37(65)23(46)9-13-31(47)59)44(72)58-18-5-7-29(58)41(69)52-25(11-15-33(49)61)38(66)51-24(10-14-32(48)60)39(67)54-27(20-35(63)64)40(68)53-26(12-16-34(50)62)43(71)57-17-6-8-30(57)42(70)56-36(22(3)4)45(73)74/h21-30,36H,5-20,46H2,1-4H3,(H2,47,59)(H2,48,60)(H2,49,61)(H2,50,62)(H,51,66)(H,52,69)(H,53,68)(H,54,67)(H,55,65)(H,56,70)(H,63,64)(H,73,74)/t23-,24-,25-,26-,27-,28-,29-,30-,36-/m0/s1. The molecule has 414 valence electrons. The molecule has 0 saturated carbocycles. The summed E-state index contributed by atoms with van der Waals surface area (Å²) in [6.45, 7) is 6.69. The Balaban J connectivity index is 2.41. The largest absolute Gasteiger partial charge is 0.481 e. The van der Waals surface area contributed by atoms with Crippen molar-refractivity contribution in [2.75, 3.05) is 13.1 Å². The van der Waals surface area contributed by atoms with Gasteiger partial charge < -0.3 is 80.6 Å². The van der Waals surface area contributed by atoms with Crippen LogP contribution in [-0.2, 0) is 67.1 Å². The van der Waals surface area contributed by atoms with E-state index in [1.807, 2.05) is 0 Å². The average Bonchev–Trinajstić information content (AvgIpc) is 4.01. The van der Waals surface area contributed by atoms with Crippen LogP contribution in [0.15, 0.2) is 0 Å². The molecule has 0 radical (unpaired) electrons. The second-order valence-electron chi connectivity index (χ2n) is 19.1. The molecule has 2 aliphatic heterocycles. The molecular formula is C45H73N13O16. The van der Waals surface area contributed by atoms with Crippen LogP contribution in [0.4, 0.5) is 0 Å². The summed E-state index contributed by atoms with van der Waals surface area (Å²) in [6, 6.07) is -13.2. The summed E-state index contributed by atoms with van der Waals surface area (Å²) >= 11 is 0. The Bertz CT molecular complexity index is 2120. The Kier molecular flexibility index (Phi) is 25.3. The number of aliphatic carboxylic acids is 2. The average molecular weight is 1050 g/mol. The van der Waals surface area contributed by atoms with Gasteiger partial charge in [0.1, 0.15) is 48.3 Å².